The lowest BCUT2D eigenvalue weighted by Gasteiger charge is -2.26. The zero-order valence-corrected chi connectivity index (χ0v) is 11.3. The SMILES string of the molecule is Cc1cnc(CNC(C)CC2COCCN2)s1. The van der Waals surface area contributed by atoms with Crippen LogP contribution in [-0.2, 0) is 11.3 Å². The molecular formula is C12H21N3OS. The molecule has 0 aromatic carbocycles. The number of nitrogens with zero attached hydrogens (tertiary/aromatic N) is 1. The van der Waals surface area contributed by atoms with Gasteiger partial charge in [0.15, 0.2) is 0 Å². The summed E-state index contributed by atoms with van der Waals surface area (Å²) in [5, 5.41) is 8.15. The van der Waals surface area contributed by atoms with Crippen LogP contribution in [0.2, 0.25) is 0 Å². The normalized spacial score (nSPS) is 22.6. The van der Waals surface area contributed by atoms with Crippen molar-refractivity contribution in [2.24, 2.45) is 0 Å². The molecule has 1 fully saturated rings. The highest BCUT2D eigenvalue weighted by Crippen LogP contribution is 2.11. The molecule has 2 unspecified atom stereocenters. The van der Waals surface area contributed by atoms with Gasteiger partial charge in [-0.1, -0.05) is 0 Å². The van der Waals surface area contributed by atoms with E-state index in [1.807, 2.05) is 6.20 Å². The second kappa shape index (κ2) is 6.44. The van der Waals surface area contributed by atoms with Crippen molar-refractivity contribution in [3.8, 4) is 0 Å². The van der Waals surface area contributed by atoms with Crippen molar-refractivity contribution in [1.82, 2.24) is 15.6 Å². The Morgan fingerprint density at radius 3 is 3.24 bits per heavy atom. The van der Waals surface area contributed by atoms with Crippen LogP contribution in [0.5, 0.6) is 0 Å². The Labute approximate surface area is 107 Å². The molecule has 1 aromatic heterocycles. The monoisotopic (exact) mass is 255 g/mol. The van der Waals surface area contributed by atoms with Crippen LogP contribution in [0.4, 0.5) is 0 Å². The second-order valence-electron chi connectivity index (χ2n) is 4.61. The average molecular weight is 255 g/mol. The molecule has 5 heteroatoms. The molecule has 0 aliphatic carbocycles. The molecule has 0 spiro atoms. The zero-order valence-electron chi connectivity index (χ0n) is 10.5. The Hall–Kier alpha value is -0.490. The summed E-state index contributed by atoms with van der Waals surface area (Å²) in [6.45, 7) is 7.83. The maximum atomic E-state index is 5.45. The number of aromatic nitrogens is 1. The lowest BCUT2D eigenvalue weighted by atomic mass is 10.1. The minimum Gasteiger partial charge on any atom is -0.379 e. The number of hydrogen-bond donors (Lipinski definition) is 2. The van der Waals surface area contributed by atoms with Crippen LogP contribution in [0.25, 0.3) is 0 Å². The minimum atomic E-state index is 0.485. The summed E-state index contributed by atoms with van der Waals surface area (Å²) < 4.78 is 5.45. The van der Waals surface area contributed by atoms with E-state index in [-0.39, 0.29) is 0 Å². The number of aryl methyl sites for hydroxylation is 1. The van der Waals surface area contributed by atoms with Crippen LogP contribution < -0.4 is 10.6 Å². The Morgan fingerprint density at radius 2 is 2.59 bits per heavy atom. The summed E-state index contributed by atoms with van der Waals surface area (Å²) in [5.74, 6) is 0. The molecule has 96 valence electrons. The molecule has 1 aromatic rings. The average Bonchev–Trinajstić information content (AvgIpc) is 2.74. The first-order valence-corrected chi connectivity index (χ1v) is 7.01. The van der Waals surface area contributed by atoms with Crippen molar-refractivity contribution in [2.75, 3.05) is 19.8 Å². The molecule has 4 nitrogen and oxygen atoms in total. The predicted octanol–water partition coefficient (Wildman–Crippen LogP) is 1.31. The number of rotatable bonds is 5. The van der Waals surface area contributed by atoms with Crippen molar-refractivity contribution in [3.05, 3.63) is 16.1 Å². The standard InChI is InChI=1S/C12H21N3OS/c1-9(5-11-8-16-4-3-13-11)14-7-12-15-6-10(2)17-12/h6,9,11,13-14H,3-5,7-8H2,1-2H3. The number of nitrogens with one attached hydrogen (secondary N) is 2. The summed E-state index contributed by atoms with van der Waals surface area (Å²) >= 11 is 1.76. The highest BCUT2D eigenvalue weighted by atomic mass is 32.1. The van der Waals surface area contributed by atoms with Crippen molar-refractivity contribution < 1.29 is 4.74 Å². The number of morpholine rings is 1. The smallest absolute Gasteiger partial charge is 0.107 e. The summed E-state index contributed by atoms with van der Waals surface area (Å²) in [6, 6.07) is 0.975. The molecule has 17 heavy (non-hydrogen) atoms. The highest BCUT2D eigenvalue weighted by Gasteiger charge is 2.16. The van der Waals surface area contributed by atoms with Gasteiger partial charge in [-0.15, -0.1) is 11.3 Å². The third kappa shape index (κ3) is 4.35. The minimum absolute atomic E-state index is 0.485. The van der Waals surface area contributed by atoms with Gasteiger partial charge in [0.05, 0.1) is 13.2 Å². The van der Waals surface area contributed by atoms with Crippen LogP contribution in [0.15, 0.2) is 6.20 Å². The molecule has 0 radical (unpaired) electrons. The topological polar surface area (TPSA) is 46.2 Å². The lowest BCUT2D eigenvalue weighted by molar-refractivity contribution is 0.0712. The molecule has 0 saturated carbocycles. The van der Waals surface area contributed by atoms with Gasteiger partial charge in [-0.2, -0.15) is 0 Å². The predicted molar refractivity (Wildman–Crippen MR) is 70.4 cm³/mol. The van der Waals surface area contributed by atoms with Gasteiger partial charge in [-0.25, -0.2) is 4.98 Å². The van der Waals surface area contributed by atoms with E-state index in [1.54, 1.807) is 11.3 Å². The van der Waals surface area contributed by atoms with Crippen molar-refractivity contribution in [1.29, 1.82) is 0 Å². The molecule has 1 aliphatic rings. The first-order valence-electron chi connectivity index (χ1n) is 6.20. The molecular weight excluding hydrogens is 234 g/mol. The van der Waals surface area contributed by atoms with Crippen LogP contribution in [0.3, 0.4) is 0 Å². The molecule has 2 atom stereocenters. The third-order valence-electron chi connectivity index (χ3n) is 2.91. The molecule has 0 amide bonds. The lowest BCUT2D eigenvalue weighted by Crippen LogP contribution is -2.44. The zero-order chi connectivity index (χ0) is 12.1. The fourth-order valence-corrected chi connectivity index (χ4v) is 2.76. The third-order valence-corrected chi connectivity index (χ3v) is 3.82. The summed E-state index contributed by atoms with van der Waals surface area (Å²) in [6.07, 6.45) is 3.03. The first kappa shape index (κ1) is 13.0. The summed E-state index contributed by atoms with van der Waals surface area (Å²) in [5.41, 5.74) is 0. The summed E-state index contributed by atoms with van der Waals surface area (Å²) in [7, 11) is 0. The van der Waals surface area contributed by atoms with Gasteiger partial charge in [-0.3, -0.25) is 0 Å². The largest absolute Gasteiger partial charge is 0.379 e. The molecule has 2 rings (SSSR count). The maximum absolute atomic E-state index is 5.45. The quantitative estimate of drug-likeness (QED) is 0.833. The van der Waals surface area contributed by atoms with Crippen LogP contribution in [-0.4, -0.2) is 36.8 Å². The van der Waals surface area contributed by atoms with Crippen LogP contribution >= 0.6 is 11.3 Å². The molecule has 1 saturated heterocycles. The first-order chi connectivity index (χ1) is 8.24. The number of hydrogen-bond acceptors (Lipinski definition) is 5. The Morgan fingerprint density at radius 1 is 1.71 bits per heavy atom. The van der Waals surface area contributed by atoms with E-state index in [1.165, 1.54) is 9.88 Å². The van der Waals surface area contributed by atoms with Gasteiger partial charge in [0.1, 0.15) is 5.01 Å². The highest BCUT2D eigenvalue weighted by molar-refractivity contribution is 7.11. The van der Waals surface area contributed by atoms with E-state index in [2.05, 4.69) is 29.5 Å². The number of thiazole rings is 1. The van der Waals surface area contributed by atoms with Crippen LogP contribution in [0, 0.1) is 6.92 Å². The van der Waals surface area contributed by atoms with E-state index in [4.69, 9.17) is 4.74 Å². The van der Waals surface area contributed by atoms with Gasteiger partial charge >= 0.3 is 0 Å². The van der Waals surface area contributed by atoms with Crippen molar-refractivity contribution >= 4 is 11.3 Å². The van der Waals surface area contributed by atoms with Crippen LogP contribution in [0.1, 0.15) is 23.2 Å². The molecule has 0 bridgehead atoms. The maximum Gasteiger partial charge on any atom is 0.107 e. The van der Waals surface area contributed by atoms with E-state index in [0.29, 0.717) is 12.1 Å². The Kier molecular flexibility index (Phi) is 4.91. The van der Waals surface area contributed by atoms with Gasteiger partial charge in [0, 0.05) is 36.2 Å². The fourth-order valence-electron chi connectivity index (χ4n) is 2.03. The van der Waals surface area contributed by atoms with Gasteiger partial charge < -0.3 is 15.4 Å². The Balaban J connectivity index is 1.68. The molecule has 2 heterocycles. The van der Waals surface area contributed by atoms with E-state index in [9.17, 15) is 0 Å². The second-order valence-corrected chi connectivity index (χ2v) is 5.93. The van der Waals surface area contributed by atoms with Gasteiger partial charge in [-0.05, 0) is 20.3 Å². The number of ether oxygens (including phenoxy) is 1. The van der Waals surface area contributed by atoms with E-state index in [0.717, 1.165) is 32.7 Å². The van der Waals surface area contributed by atoms with E-state index >= 15 is 0 Å². The molecule has 2 N–H and O–H groups in total. The van der Waals surface area contributed by atoms with Gasteiger partial charge in [0.2, 0.25) is 0 Å². The Bertz CT molecular complexity index is 336. The fraction of sp³-hybridized carbons (Fsp3) is 0.750. The van der Waals surface area contributed by atoms with Crippen molar-refractivity contribution in [3.63, 3.8) is 0 Å². The van der Waals surface area contributed by atoms with E-state index < -0.39 is 0 Å². The summed E-state index contributed by atoms with van der Waals surface area (Å²) in [4.78, 5) is 5.63. The molecule has 1 aliphatic heterocycles. The van der Waals surface area contributed by atoms with Crippen molar-refractivity contribution in [2.45, 2.75) is 38.9 Å². The van der Waals surface area contributed by atoms with Gasteiger partial charge in [0.25, 0.3) is 0 Å².